The Balaban J connectivity index is 2.05. The molecule has 0 spiro atoms. The molecular formula is C21H26N4OS. The summed E-state index contributed by atoms with van der Waals surface area (Å²) in [5, 5.41) is 9.68. The van der Waals surface area contributed by atoms with Crippen molar-refractivity contribution in [3.63, 3.8) is 0 Å². The maximum Gasteiger partial charge on any atom is 0.223 e. The zero-order valence-electron chi connectivity index (χ0n) is 16.5. The van der Waals surface area contributed by atoms with Crippen LogP contribution in [0.1, 0.15) is 47.8 Å². The Bertz CT molecular complexity index is 804. The number of thioether (sulfide) groups is 1. The van der Waals surface area contributed by atoms with E-state index in [9.17, 15) is 4.79 Å². The minimum Gasteiger partial charge on any atom is -0.338 e. The summed E-state index contributed by atoms with van der Waals surface area (Å²) in [6, 6.07) is 9.53. The summed E-state index contributed by atoms with van der Waals surface area (Å²) in [5.41, 5.74) is 4.64. The third-order valence-corrected chi connectivity index (χ3v) is 5.02. The maximum absolute atomic E-state index is 12.8. The van der Waals surface area contributed by atoms with Gasteiger partial charge in [0.1, 0.15) is 0 Å². The predicted molar refractivity (Wildman–Crippen MR) is 108 cm³/mol. The zero-order valence-corrected chi connectivity index (χ0v) is 17.3. The van der Waals surface area contributed by atoms with Crippen LogP contribution in [0.5, 0.6) is 0 Å². The van der Waals surface area contributed by atoms with Gasteiger partial charge in [-0.25, -0.2) is 9.97 Å². The molecule has 1 aromatic heterocycles. The molecule has 0 atom stereocenters. The van der Waals surface area contributed by atoms with Crippen molar-refractivity contribution in [3.05, 3.63) is 52.3 Å². The van der Waals surface area contributed by atoms with Crippen LogP contribution in [0, 0.1) is 25.2 Å². The number of hydrogen-bond donors (Lipinski definition) is 0. The standard InChI is InChI=1S/C21H26N4OS/c1-5-12-25(14-18-8-6-17(13-22)7-9-18)20(26)11-10-19-15(2)23-21(27-4)24-16(19)3/h6-9H,5,10-12,14H2,1-4H3. The van der Waals surface area contributed by atoms with E-state index < -0.39 is 0 Å². The molecule has 0 saturated carbocycles. The molecule has 6 heteroatoms. The van der Waals surface area contributed by atoms with Crippen molar-refractivity contribution < 1.29 is 4.79 Å². The molecule has 5 nitrogen and oxygen atoms in total. The van der Waals surface area contributed by atoms with Crippen LogP contribution < -0.4 is 0 Å². The van der Waals surface area contributed by atoms with Crippen LogP contribution in [0.4, 0.5) is 0 Å². The van der Waals surface area contributed by atoms with Gasteiger partial charge in [0.25, 0.3) is 0 Å². The first-order valence-corrected chi connectivity index (χ1v) is 10.4. The molecule has 1 heterocycles. The molecule has 1 amide bonds. The van der Waals surface area contributed by atoms with E-state index in [4.69, 9.17) is 5.26 Å². The Kier molecular flexibility index (Phi) is 7.81. The Morgan fingerprint density at radius 2 is 1.81 bits per heavy atom. The van der Waals surface area contributed by atoms with E-state index in [1.165, 1.54) is 11.8 Å². The number of amides is 1. The van der Waals surface area contributed by atoms with E-state index in [0.29, 0.717) is 24.9 Å². The van der Waals surface area contributed by atoms with Crippen LogP contribution in [0.2, 0.25) is 0 Å². The van der Waals surface area contributed by atoms with Crippen molar-refractivity contribution in [2.45, 2.75) is 51.7 Å². The van der Waals surface area contributed by atoms with E-state index in [-0.39, 0.29) is 5.91 Å². The van der Waals surface area contributed by atoms with E-state index >= 15 is 0 Å². The van der Waals surface area contributed by atoms with Crippen molar-refractivity contribution in [2.75, 3.05) is 12.8 Å². The van der Waals surface area contributed by atoms with Crippen LogP contribution in [-0.2, 0) is 17.8 Å². The van der Waals surface area contributed by atoms with Gasteiger partial charge in [-0.05, 0) is 56.2 Å². The zero-order chi connectivity index (χ0) is 19.8. The first-order chi connectivity index (χ1) is 13.0. The van der Waals surface area contributed by atoms with Crippen molar-refractivity contribution in [1.82, 2.24) is 14.9 Å². The monoisotopic (exact) mass is 382 g/mol. The van der Waals surface area contributed by atoms with Crippen LogP contribution >= 0.6 is 11.8 Å². The number of nitriles is 1. The number of hydrogen-bond acceptors (Lipinski definition) is 5. The summed E-state index contributed by atoms with van der Waals surface area (Å²) < 4.78 is 0. The molecule has 0 radical (unpaired) electrons. The first-order valence-electron chi connectivity index (χ1n) is 9.13. The lowest BCUT2D eigenvalue weighted by Crippen LogP contribution is -2.31. The fourth-order valence-corrected chi connectivity index (χ4v) is 3.48. The summed E-state index contributed by atoms with van der Waals surface area (Å²) >= 11 is 1.53. The average molecular weight is 383 g/mol. The molecule has 142 valence electrons. The van der Waals surface area contributed by atoms with E-state index in [2.05, 4.69) is 23.0 Å². The number of benzene rings is 1. The van der Waals surface area contributed by atoms with E-state index in [0.717, 1.165) is 40.6 Å². The molecule has 27 heavy (non-hydrogen) atoms. The predicted octanol–water partition coefficient (Wildman–Crippen LogP) is 4.06. The van der Waals surface area contributed by atoms with Crippen molar-refractivity contribution in [1.29, 1.82) is 5.26 Å². The van der Waals surface area contributed by atoms with Gasteiger partial charge >= 0.3 is 0 Å². The Hall–Kier alpha value is -2.39. The maximum atomic E-state index is 12.8. The highest BCUT2D eigenvalue weighted by Gasteiger charge is 2.16. The molecule has 2 aromatic rings. The number of nitrogens with zero attached hydrogens (tertiary/aromatic N) is 4. The van der Waals surface area contributed by atoms with Crippen molar-refractivity contribution >= 4 is 17.7 Å². The lowest BCUT2D eigenvalue weighted by atomic mass is 10.1. The van der Waals surface area contributed by atoms with Crippen molar-refractivity contribution in [2.24, 2.45) is 0 Å². The number of aryl methyl sites for hydroxylation is 2. The largest absolute Gasteiger partial charge is 0.338 e. The summed E-state index contributed by atoms with van der Waals surface area (Å²) in [5.74, 6) is 0.133. The van der Waals surface area contributed by atoms with Gasteiger partial charge < -0.3 is 4.90 Å². The van der Waals surface area contributed by atoms with E-state index in [1.54, 1.807) is 12.1 Å². The SMILES string of the molecule is CCCN(Cc1ccc(C#N)cc1)C(=O)CCc1c(C)nc(SC)nc1C. The highest BCUT2D eigenvalue weighted by atomic mass is 32.2. The topological polar surface area (TPSA) is 69.9 Å². The van der Waals surface area contributed by atoms with Crippen LogP contribution in [-0.4, -0.2) is 33.6 Å². The molecule has 1 aromatic carbocycles. The fraction of sp³-hybridized carbons (Fsp3) is 0.429. The summed E-state index contributed by atoms with van der Waals surface area (Å²) in [6.45, 7) is 7.32. The lowest BCUT2D eigenvalue weighted by Gasteiger charge is -2.23. The molecule has 0 unspecified atom stereocenters. The molecule has 0 N–H and O–H groups in total. The smallest absolute Gasteiger partial charge is 0.223 e. The minimum absolute atomic E-state index is 0.133. The van der Waals surface area contributed by atoms with Crippen molar-refractivity contribution in [3.8, 4) is 6.07 Å². The van der Waals surface area contributed by atoms with E-state index in [1.807, 2.05) is 37.1 Å². The molecule has 0 saturated heterocycles. The molecule has 0 fully saturated rings. The Labute approximate surface area is 165 Å². The quantitative estimate of drug-likeness (QED) is 0.509. The average Bonchev–Trinajstić information content (AvgIpc) is 2.67. The Morgan fingerprint density at radius 3 is 2.33 bits per heavy atom. The van der Waals surface area contributed by atoms with Gasteiger partial charge in [-0.1, -0.05) is 30.8 Å². The number of rotatable bonds is 8. The van der Waals surface area contributed by atoms with Gasteiger partial charge in [0.15, 0.2) is 5.16 Å². The minimum atomic E-state index is 0.133. The van der Waals surface area contributed by atoms with Gasteiger partial charge in [0.05, 0.1) is 11.6 Å². The highest BCUT2D eigenvalue weighted by molar-refractivity contribution is 7.98. The Morgan fingerprint density at radius 1 is 1.19 bits per heavy atom. The molecule has 0 aliphatic rings. The third kappa shape index (κ3) is 5.80. The molecule has 0 aliphatic heterocycles. The number of aromatic nitrogens is 2. The summed E-state index contributed by atoms with van der Waals surface area (Å²) in [6.07, 6.45) is 3.97. The molecule has 2 rings (SSSR count). The molecular weight excluding hydrogens is 356 g/mol. The van der Waals surface area contributed by atoms with Crippen LogP contribution in [0.25, 0.3) is 0 Å². The van der Waals surface area contributed by atoms with Gasteiger partial charge in [-0.2, -0.15) is 5.26 Å². The fourth-order valence-electron chi connectivity index (χ4n) is 3.02. The van der Waals surface area contributed by atoms with Gasteiger partial charge in [-0.15, -0.1) is 0 Å². The summed E-state index contributed by atoms with van der Waals surface area (Å²) in [7, 11) is 0. The molecule has 0 bridgehead atoms. The third-order valence-electron chi connectivity index (χ3n) is 4.47. The highest BCUT2D eigenvalue weighted by Crippen LogP contribution is 2.18. The number of carbonyl (C=O) groups excluding carboxylic acids is 1. The second-order valence-electron chi connectivity index (χ2n) is 6.48. The van der Waals surface area contributed by atoms with Gasteiger partial charge in [-0.3, -0.25) is 4.79 Å². The second kappa shape index (κ2) is 10.1. The van der Waals surface area contributed by atoms with Crippen LogP contribution in [0.3, 0.4) is 0 Å². The normalized spacial score (nSPS) is 10.5. The number of carbonyl (C=O) groups is 1. The first kappa shape index (κ1) is 20.9. The van der Waals surface area contributed by atoms with Gasteiger partial charge in [0, 0.05) is 30.9 Å². The van der Waals surface area contributed by atoms with Crippen LogP contribution in [0.15, 0.2) is 29.4 Å². The second-order valence-corrected chi connectivity index (χ2v) is 7.26. The summed E-state index contributed by atoms with van der Waals surface area (Å²) in [4.78, 5) is 23.7. The lowest BCUT2D eigenvalue weighted by molar-refractivity contribution is -0.131. The van der Waals surface area contributed by atoms with Gasteiger partial charge in [0.2, 0.25) is 5.91 Å². The molecule has 0 aliphatic carbocycles.